The van der Waals surface area contributed by atoms with Crippen molar-refractivity contribution in [1.29, 1.82) is 0 Å². The zero-order valence-electron chi connectivity index (χ0n) is 17.1. The molecule has 0 radical (unpaired) electrons. The second-order valence-electron chi connectivity index (χ2n) is 7.99. The molecule has 1 aliphatic heterocycles. The molecular formula is C24H26N4. The lowest BCUT2D eigenvalue weighted by Crippen LogP contribution is -2.23. The number of fused-ring (bicyclic) bond motifs is 2. The Kier molecular flexibility index (Phi) is 4.42. The van der Waals surface area contributed by atoms with E-state index in [0.717, 1.165) is 22.3 Å². The van der Waals surface area contributed by atoms with E-state index in [0.29, 0.717) is 0 Å². The fourth-order valence-corrected chi connectivity index (χ4v) is 4.00. The van der Waals surface area contributed by atoms with Gasteiger partial charge in [0.2, 0.25) is 0 Å². The molecule has 0 spiro atoms. The minimum absolute atomic E-state index is 0.0496. The Hall–Kier alpha value is -3.14. The molecule has 3 aromatic rings. The number of anilines is 2. The predicted octanol–water partition coefficient (Wildman–Crippen LogP) is 5.56. The molecule has 0 fully saturated rings. The summed E-state index contributed by atoms with van der Waals surface area (Å²) in [6.45, 7) is 8.63. The number of pyridine rings is 1. The quantitative estimate of drug-likeness (QED) is 0.485. The van der Waals surface area contributed by atoms with Crippen LogP contribution in [0.1, 0.15) is 30.5 Å². The fourth-order valence-electron chi connectivity index (χ4n) is 4.00. The molecule has 4 nitrogen and oxygen atoms in total. The van der Waals surface area contributed by atoms with Crippen LogP contribution in [0.3, 0.4) is 0 Å². The van der Waals surface area contributed by atoms with Gasteiger partial charge in [-0.1, -0.05) is 44.2 Å². The van der Waals surface area contributed by atoms with Crippen molar-refractivity contribution in [3.8, 4) is 0 Å². The highest BCUT2D eigenvalue weighted by molar-refractivity contribution is 5.83. The molecule has 0 saturated carbocycles. The van der Waals surface area contributed by atoms with E-state index >= 15 is 0 Å². The molecule has 0 atom stereocenters. The number of benzene rings is 2. The summed E-state index contributed by atoms with van der Waals surface area (Å²) in [5.74, 6) is 0.787. The van der Waals surface area contributed by atoms with Crippen molar-refractivity contribution < 1.29 is 0 Å². The van der Waals surface area contributed by atoms with Gasteiger partial charge in [0.25, 0.3) is 0 Å². The van der Waals surface area contributed by atoms with Crippen LogP contribution in [0.15, 0.2) is 65.4 Å². The third-order valence-corrected chi connectivity index (χ3v) is 5.58. The van der Waals surface area contributed by atoms with Crippen LogP contribution in [0, 0.1) is 13.8 Å². The van der Waals surface area contributed by atoms with Crippen molar-refractivity contribution in [3.05, 3.63) is 77.0 Å². The van der Waals surface area contributed by atoms with Gasteiger partial charge in [-0.05, 0) is 54.8 Å². The van der Waals surface area contributed by atoms with E-state index in [4.69, 9.17) is 4.98 Å². The van der Waals surface area contributed by atoms with Gasteiger partial charge in [0.1, 0.15) is 5.82 Å². The van der Waals surface area contributed by atoms with E-state index < -0.39 is 0 Å². The summed E-state index contributed by atoms with van der Waals surface area (Å²) in [6.07, 6.45) is 3.90. The van der Waals surface area contributed by atoms with Crippen molar-refractivity contribution in [2.75, 3.05) is 17.4 Å². The van der Waals surface area contributed by atoms with Crippen LogP contribution < -0.4 is 10.3 Å². The molecule has 2 heterocycles. The lowest BCUT2D eigenvalue weighted by molar-refractivity contribution is 0.641. The minimum atomic E-state index is -0.0496. The number of hydrogen-bond acceptors (Lipinski definition) is 4. The highest BCUT2D eigenvalue weighted by Crippen LogP contribution is 2.46. The van der Waals surface area contributed by atoms with Gasteiger partial charge in [0.05, 0.1) is 5.52 Å². The number of allylic oxidation sites excluding steroid dienone is 2. The summed E-state index contributed by atoms with van der Waals surface area (Å²) in [6, 6.07) is 17.0. The van der Waals surface area contributed by atoms with Gasteiger partial charge in [-0.15, -0.1) is 0 Å². The van der Waals surface area contributed by atoms with Crippen molar-refractivity contribution in [2.45, 2.75) is 33.1 Å². The Morgan fingerprint density at radius 1 is 1.07 bits per heavy atom. The maximum atomic E-state index is 4.72. The number of nitrogens with zero attached hydrogens (tertiary/aromatic N) is 3. The molecule has 0 saturated heterocycles. The van der Waals surface area contributed by atoms with Crippen LogP contribution >= 0.6 is 0 Å². The predicted molar refractivity (Wildman–Crippen MR) is 119 cm³/mol. The summed E-state index contributed by atoms with van der Waals surface area (Å²) in [5, 5.41) is 5.56. The van der Waals surface area contributed by atoms with Crippen molar-refractivity contribution in [2.24, 2.45) is 5.10 Å². The maximum absolute atomic E-state index is 4.72. The Labute approximate surface area is 166 Å². The van der Waals surface area contributed by atoms with Crippen molar-refractivity contribution in [3.63, 3.8) is 0 Å². The lowest BCUT2D eigenvalue weighted by atomic mass is 9.84. The molecular weight excluding hydrogens is 344 g/mol. The second kappa shape index (κ2) is 6.79. The number of hydrazone groups is 1. The monoisotopic (exact) mass is 370 g/mol. The summed E-state index contributed by atoms with van der Waals surface area (Å²) in [4.78, 5) is 6.96. The van der Waals surface area contributed by atoms with Gasteiger partial charge < -0.3 is 4.90 Å². The lowest BCUT2D eigenvalue weighted by Gasteiger charge is -2.23. The molecule has 1 N–H and O–H groups in total. The number of nitrogens with one attached hydrogen (secondary N) is 1. The molecule has 0 amide bonds. The zero-order valence-corrected chi connectivity index (χ0v) is 17.1. The molecule has 0 aliphatic carbocycles. The van der Waals surface area contributed by atoms with E-state index in [2.05, 4.69) is 97.9 Å². The van der Waals surface area contributed by atoms with Gasteiger partial charge in [0, 0.05) is 35.4 Å². The van der Waals surface area contributed by atoms with Crippen molar-refractivity contribution in [1.82, 2.24) is 4.98 Å². The molecule has 1 aromatic heterocycles. The smallest absolute Gasteiger partial charge is 0.149 e. The van der Waals surface area contributed by atoms with Gasteiger partial charge in [-0.3, -0.25) is 5.43 Å². The second-order valence-corrected chi connectivity index (χ2v) is 7.99. The third-order valence-electron chi connectivity index (χ3n) is 5.58. The number of hydrogen-bond donors (Lipinski definition) is 1. The molecule has 142 valence electrons. The Bertz CT molecular complexity index is 1110. The molecule has 28 heavy (non-hydrogen) atoms. The molecule has 2 aromatic carbocycles. The molecule has 0 bridgehead atoms. The first kappa shape index (κ1) is 18.2. The molecule has 1 aliphatic rings. The first-order valence-corrected chi connectivity index (χ1v) is 9.59. The average Bonchev–Trinajstić information content (AvgIpc) is 2.86. The first-order valence-electron chi connectivity index (χ1n) is 9.59. The topological polar surface area (TPSA) is 40.5 Å². The third kappa shape index (κ3) is 3.05. The Balaban J connectivity index is 1.58. The van der Waals surface area contributed by atoms with Gasteiger partial charge in [-0.25, -0.2) is 4.98 Å². The minimum Gasteiger partial charge on any atom is -0.347 e. The maximum Gasteiger partial charge on any atom is 0.149 e. The Morgan fingerprint density at radius 3 is 2.64 bits per heavy atom. The summed E-state index contributed by atoms with van der Waals surface area (Å²) >= 11 is 0. The molecule has 0 unspecified atom stereocenters. The van der Waals surface area contributed by atoms with Crippen LogP contribution in [-0.4, -0.2) is 18.2 Å². The molecule has 4 heteroatoms. The number of rotatable bonds is 3. The highest BCUT2D eigenvalue weighted by Gasteiger charge is 2.37. The van der Waals surface area contributed by atoms with E-state index in [-0.39, 0.29) is 5.41 Å². The van der Waals surface area contributed by atoms with Crippen molar-refractivity contribution >= 4 is 28.6 Å². The van der Waals surface area contributed by atoms with E-state index in [1.54, 1.807) is 0 Å². The normalized spacial score (nSPS) is 16.9. The number of likely N-dealkylation sites (N-methyl/N-ethyl adjacent to an activating group) is 1. The van der Waals surface area contributed by atoms with Gasteiger partial charge in [-0.2, -0.15) is 5.10 Å². The van der Waals surface area contributed by atoms with Gasteiger partial charge >= 0.3 is 0 Å². The standard InChI is InChI=1S/C24H26N4/c1-16-10-11-18-15-17(2)23(26-20(18)14-16)27-25-13-12-22-24(3,4)19-8-6-7-9-21(19)28(22)5/h6-15H,1-5H3,(H,26,27)/b22-12-,25-13+. The molecule has 4 rings (SSSR count). The number of aromatic nitrogens is 1. The van der Waals surface area contributed by atoms with E-state index in [1.165, 1.54) is 22.5 Å². The summed E-state index contributed by atoms with van der Waals surface area (Å²) in [7, 11) is 2.11. The fraction of sp³-hybridized carbons (Fsp3) is 0.250. The van der Waals surface area contributed by atoms with Crippen LogP contribution in [-0.2, 0) is 5.41 Å². The summed E-state index contributed by atoms with van der Waals surface area (Å²) in [5.41, 5.74) is 10.1. The highest BCUT2D eigenvalue weighted by atomic mass is 15.3. The largest absolute Gasteiger partial charge is 0.347 e. The summed E-state index contributed by atoms with van der Waals surface area (Å²) < 4.78 is 0. The Morgan fingerprint density at radius 2 is 1.86 bits per heavy atom. The van der Waals surface area contributed by atoms with Crippen LogP contribution in [0.5, 0.6) is 0 Å². The number of aryl methyl sites for hydroxylation is 2. The van der Waals surface area contributed by atoms with Gasteiger partial charge in [0.15, 0.2) is 0 Å². The average molecular weight is 371 g/mol. The van der Waals surface area contributed by atoms with Crippen LogP contribution in [0.2, 0.25) is 0 Å². The van der Waals surface area contributed by atoms with Crippen LogP contribution in [0.25, 0.3) is 10.9 Å². The van der Waals surface area contributed by atoms with Crippen LogP contribution in [0.4, 0.5) is 11.5 Å². The van der Waals surface area contributed by atoms with E-state index in [9.17, 15) is 0 Å². The first-order chi connectivity index (χ1) is 13.4. The number of para-hydroxylation sites is 1. The zero-order chi connectivity index (χ0) is 19.9. The SMILES string of the molecule is Cc1ccc2cc(C)c(N/N=C/C=C3\N(C)c4ccccc4C3(C)C)nc2c1. The van der Waals surface area contributed by atoms with E-state index in [1.807, 2.05) is 13.1 Å².